The number of carbonyl (C=O) groups excluding carboxylic acids is 1. The van der Waals surface area contributed by atoms with Crippen molar-refractivity contribution in [1.82, 2.24) is 25.0 Å². The third-order valence-electron chi connectivity index (χ3n) is 5.63. The molecule has 0 bridgehead atoms. The fourth-order valence-electron chi connectivity index (χ4n) is 3.73. The molecule has 8 nitrogen and oxygen atoms in total. The van der Waals surface area contributed by atoms with Crippen molar-refractivity contribution in [2.75, 3.05) is 7.11 Å². The summed E-state index contributed by atoms with van der Waals surface area (Å²) >= 11 is 5.94. The van der Waals surface area contributed by atoms with Crippen LogP contribution in [0.25, 0.3) is 16.9 Å². The molecule has 184 valence electrons. The summed E-state index contributed by atoms with van der Waals surface area (Å²) in [6.07, 6.45) is 5.19. The summed E-state index contributed by atoms with van der Waals surface area (Å²) in [6, 6.07) is 26.5. The maximum atomic E-state index is 12.6. The lowest BCUT2D eigenvalue weighted by Crippen LogP contribution is -2.18. The Morgan fingerprint density at radius 1 is 1.00 bits per heavy atom. The van der Waals surface area contributed by atoms with Gasteiger partial charge in [-0.2, -0.15) is 15.3 Å². The Bertz CT molecular complexity index is 1520. The molecule has 0 aliphatic rings. The van der Waals surface area contributed by atoms with Crippen molar-refractivity contribution < 1.29 is 9.53 Å². The number of benzene rings is 3. The molecule has 9 heteroatoms. The molecule has 5 aromatic rings. The Kier molecular flexibility index (Phi) is 7.09. The van der Waals surface area contributed by atoms with E-state index < -0.39 is 5.91 Å². The van der Waals surface area contributed by atoms with Crippen molar-refractivity contribution in [3.8, 4) is 22.7 Å². The molecule has 5 rings (SSSR count). The number of hydrazone groups is 1. The van der Waals surface area contributed by atoms with E-state index in [1.807, 2.05) is 85.1 Å². The zero-order chi connectivity index (χ0) is 25.6. The van der Waals surface area contributed by atoms with Crippen LogP contribution >= 0.6 is 11.6 Å². The number of methoxy groups -OCH3 is 1. The molecule has 0 aliphatic carbocycles. The monoisotopic (exact) mass is 510 g/mol. The number of nitrogens with zero attached hydrogens (tertiary/aromatic N) is 5. The van der Waals surface area contributed by atoms with Gasteiger partial charge in [-0.1, -0.05) is 41.9 Å². The molecular formula is C28H23ClN6O2. The largest absolute Gasteiger partial charge is 0.497 e. The maximum absolute atomic E-state index is 12.6. The zero-order valence-electron chi connectivity index (χ0n) is 20.0. The van der Waals surface area contributed by atoms with Crippen LogP contribution in [0.4, 0.5) is 0 Å². The fraction of sp³-hybridized carbons (Fsp3) is 0.0714. The van der Waals surface area contributed by atoms with Crippen LogP contribution in [0.1, 0.15) is 21.6 Å². The molecule has 0 spiro atoms. The Hall–Kier alpha value is -4.69. The second-order valence-corrected chi connectivity index (χ2v) is 8.60. The molecule has 0 atom stereocenters. The van der Waals surface area contributed by atoms with Gasteiger partial charge in [-0.15, -0.1) is 0 Å². The van der Waals surface area contributed by atoms with E-state index in [9.17, 15) is 4.79 Å². The van der Waals surface area contributed by atoms with Crippen LogP contribution in [0.5, 0.6) is 5.75 Å². The number of halogens is 1. The number of nitrogens with one attached hydrogen (secondary N) is 1. The fourth-order valence-corrected chi connectivity index (χ4v) is 3.86. The Labute approximate surface area is 218 Å². The Morgan fingerprint density at radius 2 is 1.76 bits per heavy atom. The van der Waals surface area contributed by atoms with Gasteiger partial charge in [-0.3, -0.25) is 9.48 Å². The molecule has 0 fully saturated rings. The zero-order valence-corrected chi connectivity index (χ0v) is 20.7. The van der Waals surface area contributed by atoms with Crippen molar-refractivity contribution in [3.63, 3.8) is 0 Å². The van der Waals surface area contributed by atoms with Crippen LogP contribution in [-0.2, 0) is 6.54 Å². The van der Waals surface area contributed by atoms with Crippen LogP contribution in [-0.4, -0.2) is 38.8 Å². The molecule has 2 aromatic heterocycles. The minimum Gasteiger partial charge on any atom is -0.497 e. The van der Waals surface area contributed by atoms with Gasteiger partial charge >= 0.3 is 0 Å². The van der Waals surface area contributed by atoms with Crippen LogP contribution < -0.4 is 10.2 Å². The van der Waals surface area contributed by atoms with E-state index in [1.54, 1.807) is 35.0 Å². The predicted octanol–water partition coefficient (Wildman–Crippen LogP) is 5.21. The second-order valence-electron chi connectivity index (χ2n) is 8.17. The second kappa shape index (κ2) is 10.9. The Morgan fingerprint density at radius 3 is 2.49 bits per heavy atom. The lowest BCUT2D eigenvalue weighted by Gasteiger charge is -2.03. The number of carbonyl (C=O) groups is 1. The van der Waals surface area contributed by atoms with Gasteiger partial charge in [0.25, 0.3) is 5.91 Å². The molecule has 0 unspecified atom stereocenters. The summed E-state index contributed by atoms with van der Waals surface area (Å²) in [5, 5.41) is 14.0. The molecular weight excluding hydrogens is 488 g/mol. The normalized spacial score (nSPS) is 11.1. The average molecular weight is 511 g/mol. The Balaban J connectivity index is 1.33. The van der Waals surface area contributed by atoms with Crippen molar-refractivity contribution in [2.45, 2.75) is 6.54 Å². The number of rotatable bonds is 8. The minimum absolute atomic E-state index is 0.265. The van der Waals surface area contributed by atoms with Gasteiger partial charge in [0.05, 0.1) is 25.6 Å². The van der Waals surface area contributed by atoms with Crippen LogP contribution in [0, 0.1) is 0 Å². The van der Waals surface area contributed by atoms with Crippen molar-refractivity contribution in [3.05, 3.63) is 119 Å². The molecule has 3 aromatic carbocycles. The summed E-state index contributed by atoms with van der Waals surface area (Å²) in [4.78, 5) is 12.6. The minimum atomic E-state index is -0.410. The third-order valence-corrected chi connectivity index (χ3v) is 5.88. The third kappa shape index (κ3) is 5.76. The molecule has 0 aliphatic heterocycles. The van der Waals surface area contributed by atoms with E-state index in [1.165, 1.54) is 0 Å². The first-order valence-corrected chi connectivity index (χ1v) is 11.9. The summed E-state index contributed by atoms with van der Waals surface area (Å²) in [7, 11) is 1.63. The highest BCUT2D eigenvalue weighted by molar-refractivity contribution is 6.30. The molecule has 0 saturated heterocycles. The van der Waals surface area contributed by atoms with Gasteiger partial charge in [0.1, 0.15) is 11.4 Å². The SMILES string of the molecule is COc1ccc(-c2nn(-c3ccccc3)cc2/C=N/NC(=O)c2ccn(Cc3ccc(Cl)cc3)n2)cc1. The predicted molar refractivity (Wildman–Crippen MR) is 143 cm³/mol. The quantitative estimate of drug-likeness (QED) is 0.229. The standard InChI is InChI=1S/C28H23ClN6O2/c1-37-25-13-9-21(10-14-25)27-22(19-35(33-27)24-5-3-2-4-6-24)17-30-31-28(36)26-15-16-34(32-26)18-20-7-11-23(29)12-8-20/h2-17,19H,18H2,1H3,(H,31,36)/b30-17+. The number of ether oxygens (including phenoxy) is 1. The molecule has 0 radical (unpaired) electrons. The molecule has 0 saturated carbocycles. The number of hydrogen-bond donors (Lipinski definition) is 1. The van der Waals surface area contributed by atoms with Crippen molar-refractivity contribution in [2.24, 2.45) is 5.10 Å². The highest BCUT2D eigenvalue weighted by Crippen LogP contribution is 2.25. The van der Waals surface area contributed by atoms with Gasteiger partial charge < -0.3 is 4.74 Å². The van der Waals surface area contributed by atoms with E-state index in [0.29, 0.717) is 11.6 Å². The highest BCUT2D eigenvalue weighted by atomic mass is 35.5. The molecule has 2 heterocycles. The topological polar surface area (TPSA) is 86.3 Å². The van der Waals surface area contributed by atoms with Gasteiger partial charge in [0.15, 0.2) is 5.69 Å². The number of amides is 1. The number of para-hydroxylation sites is 1. The van der Waals surface area contributed by atoms with Crippen molar-refractivity contribution >= 4 is 23.7 Å². The van der Waals surface area contributed by atoms with E-state index in [4.69, 9.17) is 21.4 Å². The lowest BCUT2D eigenvalue weighted by molar-refractivity contribution is 0.0949. The molecule has 1 N–H and O–H groups in total. The molecule has 37 heavy (non-hydrogen) atoms. The lowest BCUT2D eigenvalue weighted by atomic mass is 10.1. The van der Waals surface area contributed by atoms with Crippen LogP contribution in [0.2, 0.25) is 5.02 Å². The summed E-state index contributed by atoms with van der Waals surface area (Å²) in [5.74, 6) is 0.344. The highest BCUT2D eigenvalue weighted by Gasteiger charge is 2.13. The summed E-state index contributed by atoms with van der Waals surface area (Å²) in [5.41, 5.74) is 7.11. The number of hydrogen-bond acceptors (Lipinski definition) is 5. The van der Waals surface area contributed by atoms with E-state index in [2.05, 4.69) is 15.6 Å². The first kappa shape index (κ1) is 24.0. The summed E-state index contributed by atoms with van der Waals surface area (Å²) < 4.78 is 8.74. The van der Waals surface area contributed by atoms with Crippen LogP contribution in [0.15, 0.2) is 102 Å². The maximum Gasteiger partial charge on any atom is 0.291 e. The van der Waals surface area contributed by atoms with E-state index in [-0.39, 0.29) is 5.69 Å². The summed E-state index contributed by atoms with van der Waals surface area (Å²) in [6.45, 7) is 0.525. The first-order valence-electron chi connectivity index (χ1n) is 11.5. The van der Waals surface area contributed by atoms with Crippen LogP contribution in [0.3, 0.4) is 0 Å². The van der Waals surface area contributed by atoms with Crippen molar-refractivity contribution in [1.29, 1.82) is 0 Å². The molecule has 1 amide bonds. The number of aromatic nitrogens is 4. The first-order chi connectivity index (χ1) is 18.1. The smallest absolute Gasteiger partial charge is 0.291 e. The van der Waals surface area contributed by atoms with E-state index in [0.717, 1.165) is 33.8 Å². The van der Waals surface area contributed by atoms with Gasteiger partial charge in [-0.05, 0) is 60.2 Å². The van der Waals surface area contributed by atoms with Gasteiger partial charge in [0.2, 0.25) is 0 Å². The van der Waals surface area contributed by atoms with Gasteiger partial charge in [0, 0.05) is 28.5 Å². The van der Waals surface area contributed by atoms with Gasteiger partial charge in [-0.25, -0.2) is 10.1 Å². The van der Waals surface area contributed by atoms with E-state index >= 15 is 0 Å². The average Bonchev–Trinajstić information content (AvgIpc) is 3.58.